The topological polar surface area (TPSA) is 71.8 Å². The summed E-state index contributed by atoms with van der Waals surface area (Å²) in [4.78, 5) is 12.7. The number of hydrogen-bond donors (Lipinski definition) is 1. The van der Waals surface area contributed by atoms with E-state index in [4.69, 9.17) is 9.97 Å². The second-order valence-electron chi connectivity index (χ2n) is 6.24. The highest BCUT2D eigenvalue weighted by molar-refractivity contribution is 7.99. The lowest BCUT2D eigenvalue weighted by Crippen LogP contribution is -2.35. The van der Waals surface area contributed by atoms with Gasteiger partial charge in [0.25, 0.3) is 0 Å². The summed E-state index contributed by atoms with van der Waals surface area (Å²) < 4.78 is 15.6. The maximum Gasteiger partial charge on any atom is 0.228 e. The zero-order valence-corrected chi connectivity index (χ0v) is 14.7. The van der Waals surface area contributed by atoms with E-state index in [0.717, 1.165) is 47.5 Å². The molecular weight excluding hydrogens is 353 g/mol. The number of anilines is 3. The number of rotatable bonds is 3. The first-order valence-electron chi connectivity index (χ1n) is 8.44. The van der Waals surface area contributed by atoms with Crippen LogP contribution in [0.25, 0.3) is 0 Å². The first-order chi connectivity index (χ1) is 12.8. The van der Waals surface area contributed by atoms with Gasteiger partial charge in [-0.15, -0.1) is 22.0 Å². The molecule has 0 spiro atoms. The molecule has 2 aromatic heterocycles. The second kappa shape index (κ2) is 6.24. The molecule has 1 aromatic carbocycles. The van der Waals surface area contributed by atoms with Gasteiger partial charge in [0.05, 0.1) is 17.1 Å². The molecule has 7 nitrogen and oxygen atoms in total. The fourth-order valence-electron chi connectivity index (χ4n) is 3.22. The molecule has 132 valence electrons. The van der Waals surface area contributed by atoms with Crippen molar-refractivity contribution in [3.63, 3.8) is 0 Å². The number of hydrogen-bond acceptors (Lipinski definition) is 7. The number of nitrogens with zero attached hydrogens (tertiary/aromatic N) is 6. The Balaban J connectivity index is 1.50. The van der Waals surface area contributed by atoms with Gasteiger partial charge in [0.2, 0.25) is 5.95 Å². The van der Waals surface area contributed by atoms with Crippen LogP contribution in [0, 0.1) is 5.82 Å². The largest absolute Gasteiger partial charge is 0.339 e. The van der Waals surface area contributed by atoms with Crippen molar-refractivity contribution in [1.82, 2.24) is 24.7 Å². The third-order valence-electron chi connectivity index (χ3n) is 4.52. The minimum Gasteiger partial charge on any atom is -0.339 e. The zero-order chi connectivity index (χ0) is 17.5. The predicted molar refractivity (Wildman–Crippen MR) is 97.2 cm³/mol. The van der Waals surface area contributed by atoms with Crippen LogP contribution in [0.2, 0.25) is 0 Å². The van der Waals surface area contributed by atoms with Gasteiger partial charge in [0.15, 0.2) is 5.82 Å². The molecule has 0 aliphatic carbocycles. The molecule has 0 unspecified atom stereocenters. The molecule has 3 aromatic rings. The second-order valence-corrected chi connectivity index (χ2v) is 7.35. The third-order valence-corrected chi connectivity index (χ3v) is 5.64. The molecule has 0 fully saturated rings. The molecule has 1 N–H and O–H groups in total. The van der Waals surface area contributed by atoms with Gasteiger partial charge >= 0.3 is 0 Å². The SMILES string of the molecule is Fc1cccc(Nc2nc(N3CCn4cnnc4C3)nc3c2SCC3)c1. The highest BCUT2D eigenvalue weighted by atomic mass is 32.2. The number of thioether (sulfide) groups is 1. The average Bonchev–Trinajstić information content (AvgIpc) is 3.30. The molecule has 9 heteroatoms. The lowest BCUT2D eigenvalue weighted by atomic mass is 10.3. The molecule has 5 rings (SSSR count). The number of aromatic nitrogens is 5. The minimum atomic E-state index is -0.274. The summed E-state index contributed by atoms with van der Waals surface area (Å²) in [7, 11) is 0. The van der Waals surface area contributed by atoms with Crippen molar-refractivity contribution < 1.29 is 4.39 Å². The van der Waals surface area contributed by atoms with Gasteiger partial charge in [-0.2, -0.15) is 4.98 Å². The van der Waals surface area contributed by atoms with Gasteiger partial charge in [-0.05, 0) is 18.2 Å². The fourth-order valence-corrected chi connectivity index (χ4v) is 4.27. The molecule has 4 heterocycles. The molecule has 2 aliphatic heterocycles. The molecule has 0 saturated heterocycles. The summed E-state index contributed by atoms with van der Waals surface area (Å²) in [6.07, 6.45) is 2.67. The van der Waals surface area contributed by atoms with Gasteiger partial charge in [0, 0.05) is 31.0 Å². The summed E-state index contributed by atoms with van der Waals surface area (Å²) in [6, 6.07) is 6.42. The molecule has 0 radical (unpaired) electrons. The molecule has 0 amide bonds. The van der Waals surface area contributed by atoms with E-state index in [1.54, 1.807) is 24.2 Å². The zero-order valence-electron chi connectivity index (χ0n) is 13.9. The number of aryl methyl sites for hydroxylation is 1. The molecular formula is C17H16FN7S. The van der Waals surface area contributed by atoms with Crippen LogP contribution in [0.5, 0.6) is 0 Å². The molecule has 2 aliphatic rings. The van der Waals surface area contributed by atoms with Crippen LogP contribution in [0.1, 0.15) is 11.5 Å². The number of benzene rings is 1. The summed E-state index contributed by atoms with van der Waals surface area (Å²) >= 11 is 1.74. The summed E-state index contributed by atoms with van der Waals surface area (Å²) in [5, 5.41) is 11.4. The van der Waals surface area contributed by atoms with Crippen molar-refractivity contribution in [2.75, 3.05) is 22.5 Å². The van der Waals surface area contributed by atoms with Gasteiger partial charge in [-0.1, -0.05) is 6.07 Å². The summed E-state index contributed by atoms with van der Waals surface area (Å²) in [5.74, 6) is 3.04. The first kappa shape index (κ1) is 15.6. The predicted octanol–water partition coefficient (Wildman–Crippen LogP) is 2.62. The van der Waals surface area contributed by atoms with Crippen molar-refractivity contribution in [1.29, 1.82) is 0 Å². The normalized spacial score (nSPS) is 15.7. The maximum absolute atomic E-state index is 13.5. The van der Waals surface area contributed by atoms with Crippen molar-refractivity contribution in [3.8, 4) is 0 Å². The van der Waals surface area contributed by atoms with Crippen LogP contribution >= 0.6 is 11.8 Å². The van der Waals surface area contributed by atoms with Crippen LogP contribution in [0.15, 0.2) is 35.5 Å². The molecule has 0 saturated carbocycles. The van der Waals surface area contributed by atoms with Crippen LogP contribution in [0.4, 0.5) is 21.8 Å². The van der Waals surface area contributed by atoms with Crippen molar-refractivity contribution in [2.24, 2.45) is 0 Å². The van der Waals surface area contributed by atoms with Gasteiger partial charge in [-0.25, -0.2) is 9.37 Å². The Bertz CT molecular complexity index is 973. The lowest BCUT2D eigenvalue weighted by Gasteiger charge is -2.27. The Morgan fingerprint density at radius 1 is 1.19 bits per heavy atom. The van der Waals surface area contributed by atoms with Crippen LogP contribution in [-0.4, -0.2) is 37.0 Å². The lowest BCUT2D eigenvalue weighted by molar-refractivity contribution is 0.550. The van der Waals surface area contributed by atoms with E-state index in [2.05, 4.69) is 20.4 Å². The number of halogens is 1. The highest BCUT2D eigenvalue weighted by Crippen LogP contribution is 2.38. The summed E-state index contributed by atoms with van der Waals surface area (Å²) in [5.41, 5.74) is 1.73. The molecule has 0 atom stereocenters. The van der Waals surface area contributed by atoms with E-state index in [0.29, 0.717) is 18.2 Å². The standard InChI is InChI=1S/C17H16FN7S/c18-11-2-1-3-12(8-11)20-16-15-13(4-7-26-15)21-17(22-16)24-5-6-25-10-19-23-14(25)9-24/h1-3,8,10H,4-7,9H2,(H,20,21,22). The Morgan fingerprint density at radius 3 is 3.08 bits per heavy atom. The average molecular weight is 369 g/mol. The van der Waals surface area contributed by atoms with Gasteiger partial charge in [-0.3, -0.25) is 0 Å². The van der Waals surface area contributed by atoms with Gasteiger partial charge < -0.3 is 14.8 Å². The van der Waals surface area contributed by atoms with E-state index in [1.807, 2.05) is 10.6 Å². The van der Waals surface area contributed by atoms with Crippen LogP contribution in [-0.2, 0) is 19.5 Å². The summed E-state index contributed by atoms with van der Waals surface area (Å²) in [6.45, 7) is 2.24. The Labute approximate surface area is 153 Å². The first-order valence-corrected chi connectivity index (χ1v) is 9.43. The van der Waals surface area contributed by atoms with E-state index in [-0.39, 0.29) is 5.82 Å². The Kier molecular flexibility index (Phi) is 3.74. The van der Waals surface area contributed by atoms with E-state index >= 15 is 0 Å². The Morgan fingerprint density at radius 2 is 2.15 bits per heavy atom. The molecule has 26 heavy (non-hydrogen) atoms. The van der Waals surface area contributed by atoms with Crippen LogP contribution in [0.3, 0.4) is 0 Å². The maximum atomic E-state index is 13.5. The number of nitrogens with one attached hydrogen (secondary N) is 1. The van der Waals surface area contributed by atoms with E-state index < -0.39 is 0 Å². The van der Waals surface area contributed by atoms with E-state index in [9.17, 15) is 4.39 Å². The van der Waals surface area contributed by atoms with Crippen molar-refractivity contribution in [2.45, 2.75) is 24.4 Å². The van der Waals surface area contributed by atoms with Gasteiger partial charge in [0.1, 0.15) is 18.0 Å². The smallest absolute Gasteiger partial charge is 0.228 e. The monoisotopic (exact) mass is 369 g/mol. The number of fused-ring (bicyclic) bond motifs is 2. The van der Waals surface area contributed by atoms with Crippen molar-refractivity contribution in [3.05, 3.63) is 47.9 Å². The highest BCUT2D eigenvalue weighted by Gasteiger charge is 2.25. The van der Waals surface area contributed by atoms with E-state index in [1.165, 1.54) is 12.1 Å². The van der Waals surface area contributed by atoms with Crippen LogP contribution < -0.4 is 10.2 Å². The fraction of sp³-hybridized carbons (Fsp3) is 0.294. The minimum absolute atomic E-state index is 0.274. The molecule has 0 bridgehead atoms. The quantitative estimate of drug-likeness (QED) is 0.761. The van der Waals surface area contributed by atoms with Crippen molar-refractivity contribution >= 4 is 29.2 Å². The Hall–Kier alpha value is -2.68. The third kappa shape index (κ3) is 2.78.